The number of rotatable bonds is 2. The van der Waals surface area contributed by atoms with Gasteiger partial charge in [0.15, 0.2) is 18.4 Å². The summed E-state index contributed by atoms with van der Waals surface area (Å²) in [6.07, 6.45) is 4.05. The van der Waals surface area contributed by atoms with Gasteiger partial charge in [0.05, 0.1) is 6.54 Å². The minimum Gasteiger partial charge on any atom is -1.00 e. The Bertz CT molecular complexity index is 189. The van der Waals surface area contributed by atoms with Crippen LogP contribution in [0.1, 0.15) is 13.0 Å². The summed E-state index contributed by atoms with van der Waals surface area (Å²) in [4.78, 5) is 0. The van der Waals surface area contributed by atoms with E-state index in [2.05, 4.69) is 11.5 Å². The first-order valence-electron chi connectivity index (χ1n) is 3.50. The summed E-state index contributed by atoms with van der Waals surface area (Å²) in [7, 11) is 0. The number of nitrogens with zero attached hydrogens (tertiary/aromatic N) is 1. The molecular weight excluding hydrogens is 160 g/mol. The van der Waals surface area contributed by atoms with E-state index in [4.69, 9.17) is 5.73 Å². The summed E-state index contributed by atoms with van der Waals surface area (Å²) in [5, 5.41) is 0. The summed E-state index contributed by atoms with van der Waals surface area (Å²) in [5.74, 6) is 0. The predicted molar refractivity (Wildman–Crippen MR) is 40.4 cm³/mol. The summed E-state index contributed by atoms with van der Waals surface area (Å²) < 4.78 is 2.10. The fourth-order valence-electron chi connectivity index (χ4n) is 0.828. The molecule has 2 N–H and O–H groups in total. The number of nitrogens with two attached hydrogens (primary N) is 1. The van der Waals surface area contributed by atoms with E-state index < -0.39 is 0 Å². The molecule has 1 atom stereocenters. The van der Waals surface area contributed by atoms with Gasteiger partial charge in [-0.2, -0.15) is 0 Å². The van der Waals surface area contributed by atoms with E-state index in [1.54, 1.807) is 0 Å². The second kappa shape index (κ2) is 5.10. The van der Waals surface area contributed by atoms with Gasteiger partial charge in [0.1, 0.15) is 0 Å². The fraction of sp³-hybridized carbons (Fsp3) is 0.375. The zero-order valence-corrected chi connectivity index (χ0v) is 7.33. The van der Waals surface area contributed by atoms with Gasteiger partial charge >= 0.3 is 0 Å². The molecule has 0 spiro atoms. The number of halogens is 1. The zero-order valence-electron chi connectivity index (χ0n) is 6.57. The van der Waals surface area contributed by atoms with Gasteiger partial charge in [-0.1, -0.05) is 6.07 Å². The van der Waals surface area contributed by atoms with Crippen LogP contribution in [0.2, 0.25) is 0 Å². The highest BCUT2D eigenvalue weighted by Crippen LogP contribution is 1.88. The van der Waals surface area contributed by atoms with Gasteiger partial charge in [0, 0.05) is 12.1 Å². The molecule has 0 aromatic carbocycles. The van der Waals surface area contributed by atoms with Crippen LogP contribution in [-0.2, 0) is 0 Å². The van der Waals surface area contributed by atoms with Crippen molar-refractivity contribution in [3.63, 3.8) is 0 Å². The number of hydrogen-bond acceptors (Lipinski definition) is 1. The molecule has 0 aliphatic carbocycles. The first kappa shape index (κ1) is 10.4. The molecule has 3 heteroatoms. The molecule has 1 unspecified atom stereocenters. The average Bonchev–Trinajstić information content (AvgIpc) is 2.05. The Balaban J connectivity index is 0.000001000. The molecule has 0 radical (unpaired) electrons. The summed E-state index contributed by atoms with van der Waals surface area (Å²) in [5.41, 5.74) is 5.48. The van der Waals surface area contributed by atoms with Gasteiger partial charge in [-0.3, -0.25) is 0 Å². The van der Waals surface area contributed by atoms with Crippen molar-refractivity contribution in [1.82, 2.24) is 0 Å². The minimum atomic E-state index is 0. The Morgan fingerprint density at radius 2 is 1.82 bits per heavy atom. The molecule has 0 saturated carbocycles. The quantitative estimate of drug-likeness (QED) is 0.492. The molecule has 62 valence electrons. The van der Waals surface area contributed by atoms with Crippen LogP contribution < -0.4 is 22.7 Å². The molecule has 0 bridgehead atoms. The topological polar surface area (TPSA) is 29.9 Å². The van der Waals surface area contributed by atoms with Gasteiger partial charge in [-0.25, -0.2) is 4.57 Å². The minimum absolute atomic E-state index is 0. The molecule has 0 saturated heterocycles. The van der Waals surface area contributed by atoms with E-state index in [9.17, 15) is 0 Å². The van der Waals surface area contributed by atoms with Crippen LogP contribution in [-0.4, -0.2) is 6.54 Å². The van der Waals surface area contributed by atoms with Crippen molar-refractivity contribution in [1.29, 1.82) is 0 Å². The molecule has 1 aromatic rings. The Kier molecular flexibility index (Phi) is 4.83. The van der Waals surface area contributed by atoms with Gasteiger partial charge in [-0.15, -0.1) is 0 Å². The predicted octanol–water partition coefficient (Wildman–Crippen LogP) is -2.50. The first-order valence-corrected chi connectivity index (χ1v) is 3.50. The van der Waals surface area contributed by atoms with Crippen LogP contribution in [0.4, 0.5) is 0 Å². The lowest BCUT2D eigenvalue weighted by atomic mass is 10.3. The van der Waals surface area contributed by atoms with Crippen molar-refractivity contribution in [2.75, 3.05) is 6.54 Å². The van der Waals surface area contributed by atoms with Crippen LogP contribution in [0.15, 0.2) is 30.6 Å². The largest absolute Gasteiger partial charge is 1.00 e. The van der Waals surface area contributed by atoms with E-state index >= 15 is 0 Å². The molecular formula is C8H13ClN2. The van der Waals surface area contributed by atoms with E-state index in [1.165, 1.54) is 0 Å². The third-order valence-electron chi connectivity index (χ3n) is 1.59. The van der Waals surface area contributed by atoms with E-state index in [1.807, 2.05) is 30.6 Å². The molecule has 2 nitrogen and oxygen atoms in total. The molecule has 1 aromatic heterocycles. The lowest BCUT2D eigenvalue weighted by Crippen LogP contribution is -3.00. The normalized spacial score (nSPS) is 11.8. The van der Waals surface area contributed by atoms with Crippen LogP contribution in [0, 0.1) is 0 Å². The van der Waals surface area contributed by atoms with Crippen molar-refractivity contribution in [3.8, 4) is 0 Å². The Morgan fingerprint density at radius 1 is 1.27 bits per heavy atom. The third-order valence-corrected chi connectivity index (χ3v) is 1.59. The second-order valence-electron chi connectivity index (χ2n) is 2.41. The standard InChI is InChI=1S/C8H13N2.ClH/c1-8(7-9)10-5-3-2-4-6-10;/h2-6,8H,7,9H2,1H3;1H/q+1;/p-1. The number of pyridine rings is 1. The average molecular weight is 173 g/mol. The Morgan fingerprint density at radius 3 is 2.27 bits per heavy atom. The van der Waals surface area contributed by atoms with Crippen molar-refractivity contribution in [2.45, 2.75) is 13.0 Å². The maximum Gasteiger partial charge on any atom is 0.169 e. The SMILES string of the molecule is CC(CN)[n+]1ccccc1.[Cl-]. The van der Waals surface area contributed by atoms with Gasteiger partial charge in [-0.05, 0) is 6.92 Å². The highest BCUT2D eigenvalue weighted by molar-refractivity contribution is 4.83. The van der Waals surface area contributed by atoms with Crippen molar-refractivity contribution in [3.05, 3.63) is 30.6 Å². The summed E-state index contributed by atoms with van der Waals surface area (Å²) >= 11 is 0. The molecule has 1 rings (SSSR count). The molecule has 11 heavy (non-hydrogen) atoms. The summed E-state index contributed by atoms with van der Waals surface area (Å²) in [6, 6.07) is 6.42. The first-order chi connectivity index (χ1) is 4.84. The maximum atomic E-state index is 5.48. The van der Waals surface area contributed by atoms with Crippen molar-refractivity contribution in [2.24, 2.45) is 5.73 Å². The Labute approximate surface area is 73.4 Å². The smallest absolute Gasteiger partial charge is 0.169 e. The molecule has 0 fully saturated rings. The lowest BCUT2D eigenvalue weighted by Gasteiger charge is -2.00. The Hall–Kier alpha value is -0.600. The molecule has 1 heterocycles. The molecule has 0 amide bonds. The van der Waals surface area contributed by atoms with E-state index in [0.29, 0.717) is 12.6 Å². The number of aromatic nitrogens is 1. The van der Waals surface area contributed by atoms with Gasteiger partial charge in [0.25, 0.3) is 0 Å². The van der Waals surface area contributed by atoms with E-state index in [0.717, 1.165) is 0 Å². The van der Waals surface area contributed by atoms with Crippen LogP contribution in [0.25, 0.3) is 0 Å². The van der Waals surface area contributed by atoms with Gasteiger partial charge < -0.3 is 18.1 Å². The van der Waals surface area contributed by atoms with Crippen molar-refractivity contribution < 1.29 is 17.0 Å². The number of hydrogen-bond donors (Lipinski definition) is 1. The van der Waals surface area contributed by atoms with Crippen LogP contribution in [0.3, 0.4) is 0 Å². The summed E-state index contributed by atoms with van der Waals surface area (Å²) in [6.45, 7) is 2.79. The zero-order chi connectivity index (χ0) is 7.40. The molecule has 0 aliphatic heterocycles. The maximum absolute atomic E-state index is 5.48. The molecule has 0 aliphatic rings. The fourth-order valence-corrected chi connectivity index (χ4v) is 0.828. The third kappa shape index (κ3) is 2.87. The monoisotopic (exact) mass is 172 g/mol. The van der Waals surface area contributed by atoms with Crippen molar-refractivity contribution >= 4 is 0 Å². The van der Waals surface area contributed by atoms with Crippen LogP contribution in [0.5, 0.6) is 0 Å². The van der Waals surface area contributed by atoms with Crippen LogP contribution >= 0.6 is 0 Å². The second-order valence-corrected chi connectivity index (χ2v) is 2.41. The highest BCUT2D eigenvalue weighted by atomic mass is 35.5. The highest BCUT2D eigenvalue weighted by Gasteiger charge is 2.06. The van der Waals surface area contributed by atoms with Gasteiger partial charge in [0.2, 0.25) is 0 Å². The lowest BCUT2D eigenvalue weighted by molar-refractivity contribution is -0.717. The van der Waals surface area contributed by atoms with E-state index in [-0.39, 0.29) is 12.4 Å².